The van der Waals surface area contributed by atoms with Crippen molar-refractivity contribution in [2.45, 2.75) is 18.6 Å². The predicted molar refractivity (Wildman–Crippen MR) is 107 cm³/mol. The molecule has 1 aromatic carbocycles. The predicted octanol–water partition coefficient (Wildman–Crippen LogP) is 3.68. The van der Waals surface area contributed by atoms with E-state index in [0.29, 0.717) is 16.0 Å². The first kappa shape index (κ1) is 17.7. The number of ether oxygens (including phenoxy) is 1. The molecule has 0 saturated carbocycles. The van der Waals surface area contributed by atoms with Crippen LogP contribution in [0.3, 0.4) is 0 Å². The molecule has 0 atom stereocenters. The average molecular weight is 397 g/mol. The van der Waals surface area contributed by atoms with Gasteiger partial charge in [0.1, 0.15) is 17.1 Å². The zero-order valence-corrected chi connectivity index (χ0v) is 16.0. The molecule has 4 aromatic rings. The number of para-hydroxylation sites is 1. The highest BCUT2D eigenvalue weighted by atomic mass is 32.2. The minimum Gasteiger partial charge on any atom is -0.457 e. The van der Waals surface area contributed by atoms with Crippen LogP contribution in [0.15, 0.2) is 51.6 Å². The Labute approximate surface area is 162 Å². The summed E-state index contributed by atoms with van der Waals surface area (Å²) >= 11 is 2.65. The van der Waals surface area contributed by atoms with Crippen molar-refractivity contribution in [3.05, 3.63) is 63.5 Å². The van der Waals surface area contributed by atoms with Crippen LogP contribution in [-0.2, 0) is 16.1 Å². The molecule has 0 aliphatic heterocycles. The van der Waals surface area contributed by atoms with Gasteiger partial charge < -0.3 is 9.72 Å². The number of hydrogen-bond acceptors (Lipinski definition) is 7. The van der Waals surface area contributed by atoms with Crippen molar-refractivity contribution in [1.82, 2.24) is 15.0 Å². The van der Waals surface area contributed by atoms with Crippen LogP contribution in [0.5, 0.6) is 0 Å². The monoisotopic (exact) mass is 397 g/mol. The fourth-order valence-corrected chi connectivity index (χ4v) is 4.20. The number of hydrogen-bond donors (Lipinski definition) is 1. The van der Waals surface area contributed by atoms with Crippen molar-refractivity contribution >= 4 is 50.2 Å². The van der Waals surface area contributed by atoms with Gasteiger partial charge in [-0.15, -0.1) is 11.3 Å². The van der Waals surface area contributed by atoms with E-state index >= 15 is 0 Å². The van der Waals surface area contributed by atoms with Crippen molar-refractivity contribution in [3.63, 3.8) is 0 Å². The molecule has 1 N–H and O–H groups in total. The third kappa shape index (κ3) is 3.86. The Hall–Kier alpha value is -2.71. The largest absolute Gasteiger partial charge is 0.457 e. The van der Waals surface area contributed by atoms with Crippen molar-refractivity contribution in [3.8, 4) is 0 Å². The van der Waals surface area contributed by atoms with E-state index in [1.807, 2.05) is 37.3 Å². The molecule has 0 saturated heterocycles. The number of nitrogens with zero attached hydrogens (tertiary/aromatic N) is 2. The molecule has 8 heteroatoms. The number of thiophene rings is 1. The number of H-pyrrole nitrogens is 1. The Kier molecular flexibility index (Phi) is 4.91. The Balaban J connectivity index is 1.39. The first-order chi connectivity index (χ1) is 13.1. The second kappa shape index (κ2) is 7.50. The van der Waals surface area contributed by atoms with E-state index < -0.39 is 0 Å². The van der Waals surface area contributed by atoms with E-state index in [0.717, 1.165) is 21.5 Å². The van der Waals surface area contributed by atoms with Crippen molar-refractivity contribution in [2.24, 2.45) is 0 Å². The normalized spacial score (nSPS) is 11.1. The Morgan fingerprint density at radius 3 is 2.96 bits per heavy atom. The molecule has 3 aromatic heterocycles. The van der Waals surface area contributed by atoms with Crippen LogP contribution in [0, 0.1) is 6.92 Å². The molecule has 0 aliphatic carbocycles. The lowest BCUT2D eigenvalue weighted by atomic mass is 10.1. The molecule has 0 radical (unpaired) electrons. The third-order valence-corrected chi connectivity index (χ3v) is 5.76. The summed E-state index contributed by atoms with van der Waals surface area (Å²) in [5.41, 5.74) is 2.41. The molecular formula is C19H15N3O3S2. The van der Waals surface area contributed by atoms with E-state index in [9.17, 15) is 9.59 Å². The number of rotatable bonds is 5. The molecular weight excluding hydrogens is 382 g/mol. The molecule has 136 valence electrons. The number of carbonyl (C=O) groups excluding carboxylic acids is 1. The minimum atomic E-state index is -0.388. The lowest BCUT2D eigenvalue weighted by molar-refractivity contribution is -0.141. The molecule has 4 rings (SSSR count). The number of benzene rings is 1. The van der Waals surface area contributed by atoms with Gasteiger partial charge in [0, 0.05) is 5.39 Å². The minimum absolute atomic E-state index is 0.0649. The molecule has 0 fully saturated rings. The highest BCUT2D eigenvalue weighted by molar-refractivity contribution is 7.99. The van der Waals surface area contributed by atoms with Gasteiger partial charge in [-0.05, 0) is 36.1 Å². The molecule has 0 unspecified atom stereocenters. The summed E-state index contributed by atoms with van der Waals surface area (Å²) < 4.78 is 5.80. The molecule has 0 amide bonds. The van der Waals surface area contributed by atoms with Gasteiger partial charge in [-0.1, -0.05) is 30.0 Å². The maximum Gasteiger partial charge on any atom is 0.316 e. The Morgan fingerprint density at radius 1 is 1.22 bits per heavy atom. The lowest BCUT2D eigenvalue weighted by Gasteiger charge is -2.07. The standard InChI is InChI=1S/C19H15N3O3S2/c1-11-8-16(21-13-5-3-2-4-12(11)13)27-10-17(23)25-9-15-20-14-6-7-26-18(14)19(24)22-15/h2-8H,9-10H2,1H3,(H,20,22,24). The van der Waals surface area contributed by atoms with Crippen molar-refractivity contribution < 1.29 is 9.53 Å². The second-order valence-corrected chi connectivity index (χ2v) is 7.80. The van der Waals surface area contributed by atoms with Gasteiger partial charge in [0.15, 0.2) is 0 Å². The zero-order chi connectivity index (χ0) is 18.8. The SMILES string of the molecule is Cc1cc(SCC(=O)OCc2nc3ccsc3c(=O)[nH]2)nc2ccccc12. The second-order valence-electron chi connectivity index (χ2n) is 5.89. The number of aromatic amines is 1. The number of aryl methyl sites for hydroxylation is 1. The third-order valence-electron chi connectivity index (χ3n) is 3.97. The summed E-state index contributed by atoms with van der Waals surface area (Å²) in [7, 11) is 0. The quantitative estimate of drug-likeness (QED) is 0.408. The van der Waals surface area contributed by atoms with Crippen LogP contribution >= 0.6 is 23.1 Å². The smallest absolute Gasteiger partial charge is 0.316 e. The fraction of sp³-hybridized carbons (Fsp3) is 0.158. The van der Waals surface area contributed by atoms with Gasteiger partial charge in [0.05, 0.1) is 21.8 Å². The molecule has 0 aliphatic rings. The van der Waals surface area contributed by atoms with E-state index in [4.69, 9.17) is 4.74 Å². The van der Waals surface area contributed by atoms with E-state index in [1.54, 1.807) is 11.4 Å². The number of nitrogens with one attached hydrogen (secondary N) is 1. The van der Waals surface area contributed by atoms with E-state index in [-0.39, 0.29) is 23.9 Å². The van der Waals surface area contributed by atoms with Crippen LogP contribution < -0.4 is 5.56 Å². The van der Waals surface area contributed by atoms with Gasteiger partial charge in [0.2, 0.25) is 0 Å². The first-order valence-corrected chi connectivity index (χ1v) is 10.1. The number of aromatic nitrogens is 3. The number of esters is 1. The summed E-state index contributed by atoms with van der Waals surface area (Å²) in [4.78, 5) is 35.5. The van der Waals surface area contributed by atoms with Gasteiger partial charge in [-0.2, -0.15) is 0 Å². The number of thioether (sulfide) groups is 1. The fourth-order valence-electron chi connectivity index (χ4n) is 2.71. The number of fused-ring (bicyclic) bond motifs is 2. The Morgan fingerprint density at radius 2 is 2.07 bits per heavy atom. The highest BCUT2D eigenvalue weighted by Crippen LogP contribution is 2.23. The van der Waals surface area contributed by atoms with Gasteiger partial charge in [0.25, 0.3) is 5.56 Å². The van der Waals surface area contributed by atoms with Gasteiger partial charge in [-0.25, -0.2) is 9.97 Å². The van der Waals surface area contributed by atoms with Crippen molar-refractivity contribution in [1.29, 1.82) is 0 Å². The Bertz CT molecular complexity index is 1200. The average Bonchev–Trinajstić information content (AvgIpc) is 3.14. The van der Waals surface area contributed by atoms with Crippen LogP contribution in [0.4, 0.5) is 0 Å². The molecule has 3 heterocycles. The topological polar surface area (TPSA) is 84.9 Å². The van der Waals surface area contributed by atoms with Gasteiger partial charge >= 0.3 is 5.97 Å². The summed E-state index contributed by atoms with van der Waals surface area (Å²) in [6.07, 6.45) is 0. The lowest BCUT2D eigenvalue weighted by Crippen LogP contribution is -2.14. The maximum absolute atomic E-state index is 12.0. The first-order valence-electron chi connectivity index (χ1n) is 8.21. The summed E-state index contributed by atoms with van der Waals surface area (Å²) in [6, 6.07) is 11.6. The van der Waals surface area contributed by atoms with Crippen LogP contribution in [0.1, 0.15) is 11.4 Å². The molecule has 0 spiro atoms. The summed E-state index contributed by atoms with van der Waals surface area (Å²) in [5.74, 6) is 0.0833. The number of pyridine rings is 1. The van der Waals surface area contributed by atoms with Crippen LogP contribution in [0.2, 0.25) is 0 Å². The number of carbonyl (C=O) groups is 1. The maximum atomic E-state index is 12.0. The van der Waals surface area contributed by atoms with Crippen molar-refractivity contribution in [2.75, 3.05) is 5.75 Å². The van der Waals surface area contributed by atoms with Crippen LogP contribution in [-0.4, -0.2) is 26.7 Å². The van der Waals surface area contributed by atoms with Crippen LogP contribution in [0.25, 0.3) is 21.1 Å². The van der Waals surface area contributed by atoms with Gasteiger partial charge in [-0.3, -0.25) is 9.59 Å². The molecule has 27 heavy (non-hydrogen) atoms. The molecule has 0 bridgehead atoms. The summed E-state index contributed by atoms with van der Waals surface area (Å²) in [5, 5.41) is 3.68. The summed E-state index contributed by atoms with van der Waals surface area (Å²) in [6.45, 7) is 1.96. The zero-order valence-electron chi connectivity index (χ0n) is 14.4. The van der Waals surface area contributed by atoms with E-state index in [1.165, 1.54) is 23.1 Å². The van der Waals surface area contributed by atoms with E-state index in [2.05, 4.69) is 15.0 Å². The highest BCUT2D eigenvalue weighted by Gasteiger charge is 2.10. The molecule has 6 nitrogen and oxygen atoms in total.